The number of hydrogen-bond donors (Lipinski definition) is 2. The molecule has 3 heterocycles. The number of pyridine rings is 1. The Kier molecular flexibility index (Phi) is 3.34. The smallest absolute Gasteiger partial charge is 0.220 e. The lowest BCUT2D eigenvalue weighted by Gasteiger charge is -2.03. The molecule has 23 heavy (non-hydrogen) atoms. The third-order valence-electron chi connectivity index (χ3n) is 4.10. The van der Waals surface area contributed by atoms with Gasteiger partial charge in [0.25, 0.3) is 0 Å². The minimum absolute atomic E-state index is 0.118. The molecule has 0 amide bonds. The lowest BCUT2D eigenvalue weighted by atomic mass is 10.1. The van der Waals surface area contributed by atoms with Gasteiger partial charge >= 0.3 is 0 Å². The number of halogens is 1. The minimum atomic E-state index is 0.118. The van der Waals surface area contributed by atoms with E-state index in [-0.39, 0.29) is 5.88 Å². The number of anilines is 1. The number of allylic oxidation sites excluding steroid dienone is 1. The zero-order valence-corrected chi connectivity index (χ0v) is 13.4. The molecule has 1 saturated carbocycles. The molecule has 2 aromatic heterocycles. The average molecular weight is 330 g/mol. The summed E-state index contributed by atoms with van der Waals surface area (Å²) >= 11 is 6.00. The van der Waals surface area contributed by atoms with Crippen LogP contribution in [-0.4, -0.2) is 32.4 Å². The SMILES string of the molecule is Cn1c(NCC2CC2)nc(/C=C2/C=Nc3ncc(Cl)cc32)c1O. The summed E-state index contributed by atoms with van der Waals surface area (Å²) in [6.07, 6.45) is 7.60. The molecule has 1 aliphatic heterocycles. The molecule has 0 unspecified atom stereocenters. The monoisotopic (exact) mass is 329 g/mol. The van der Waals surface area contributed by atoms with E-state index in [0.29, 0.717) is 22.5 Å². The molecular formula is C16H16ClN5O. The fourth-order valence-corrected chi connectivity index (χ4v) is 2.69. The highest BCUT2D eigenvalue weighted by Gasteiger charge is 2.22. The summed E-state index contributed by atoms with van der Waals surface area (Å²) in [5.41, 5.74) is 2.17. The van der Waals surface area contributed by atoms with Crippen molar-refractivity contribution in [3.63, 3.8) is 0 Å². The van der Waals surface area contributed by atoms with Crippen molar-refractivity contribution in [2.24, 2.45) is 18.0 Å². The Morgan fingerprint density at radius 3 is 3.09 bits per heavy atom. The second-order valence-corrected chi connectivity index (χ2v) is 6.35. The maximum absolute atomic E-state index is 10.3. The molecule has 0 bridgehead atoms. The van der Waals surface area contributed by atoms with E-state index >= 15 is 0 Å². The van der Waals surface area contributed by atoms with Crippen LogP contribution in [0.4, 0.5) is 11.8 Å². The maximum atomic E-state index is 10.3. The summed E-state index contributed by atoms with van der Waals surface area (Å²) in [6.45, 7) is 0.893. The number of aliphatic imine (C=N–C) groups is 1. The van der Waals surface area contributed by atoms with Gasteiger partial charge in [-0.1, -0.05) is 11.6 Å². The number of hydrogen-bond acceptors (Lipinski definition) is 5. The highest BCUT2D eigenvalue weighted by molar-refractivity contribution is 6.31. The zero-order valence-electron chi connectivity index (χ0n) is 12.6. The summed E-state index contributed by atoms with van der Waals surface area (Å²) in [7, 11) is 1.79. The Morgan fingerprint density at radius 1 is 1.48 bits per heavy atom. The lowest BCUT2D eigenvalue weighted by Crippen LogP contribution is -2.07. The Labute approximate surface area is 138 Å². The first kappa shape index (κ1) is 14.3. The number of aromatic nitrogens is 3. The van der Waals surface area contributed by atoms with Crippen LogP contribution in [0.3, 0.4) is 0 Å². The van der Waals surface area contributed by atoms with E-state index in [1.807, 2.05) is 6.07 Å². The molecule has 0 aromatic carbocycles. The molecular weight excluding hydrogens is 314 g/mol. The fourth-order valence-electron chi connectivity index (χ4n) is 2.53. The maximum Gasteiger partial charge on any atom is 0.220 e. The number of fused-ring (bicyclic) bond motifs is 1. The number of aromatic hydroxyl groups is 1. The van der Waals surface area contributed by atoms with Crippen molar-refractivity contribution in [1.82, 2.24) is 14.5 Å². The van der Waals surface area contributed by atoms with E-state index in [0.717, 1.165) is 23.6 Å². The first-order chi connectivity index (χ1) is 11.1. The molecule has 0 spiro atoms. The minimum Gasteiger partial charge on any atom is -0.493 e. The summed E-state index contributed by atoms with van der Waals surface area (Å²) in [4.78, 5) is 12.9. The van der Waals surface area contributed by atoms with Gasteiger partial charge in [-0.2, -0.15) is 0 Å². The van der Waals surface area contributed by atoms with Crippen LogP contribution in [0.5, 0.6) is 5.88 Å². The van der Waals surface area contributed by atoms with Crippen LogP contribution >= 0.6 is 11.6 Å². The standard InChI is InChI=1S/C16H16ClN5O/c1-22-15(23)13(21-16(22)20-6-9-2-3-9)4-10-7-18-14-12(10)5-11(17)8-19-14/h4-5,7-9,23H,2-3,6H2,1H3,(H,20,21)/b10-4-. The van der Waals surface area contributed by atoms with Gasteiger partial charge in [0.2, 0.25) is 11.8 Å². The molecule has 0 radical (unpaired) electrons. The topological polar surface area (TPSA) is 75.3 Å². The van der Waals surface area contributed by atoms with Crippen molar-refractivity contribution in [2.75, 3.05) is 11.9 Å². The highest BCUT2D eigenvalue weighted by atomic mass is 35.5. The van der Waals surface area contributed by atoms with Gasteiger partial charge in [-0.05, 0) is 30.9 Å². The van der Waals surface area contributed by atoms with E-state index in [9.17, 15) is 5.11 Å². The summed E-state index contributed by atoms with van der Waals surface area (Å²) < 4.78 is 1.65. The van der Waals surface area contributed by atoms with E-state index in [4.69, 9.17) is 11.6 Å². The summed E-state index contributed by atoms with van der Waals surface area (Å²) in [5, 5.41) is 14.1. The van der Waals surface area contributed by atoms with Crippen LogP contribution in [0.15, 0.2) is 17.3 Å². The van der Waals surface area contributed by atoms with Crippen molar-refractivity contribution < 1.29 is 5.11 Å². The third-order valence-corrected chi connectivity index (χ3v) is 4.31. The van der Waals surface area contributed by atoms with Gasteiger partial charge in [-0.3, -0.25) is 4.57 Å². The average Bonchev–Trinajstić information content (AvgIpc) is 3.24. The largest absolute Gasteiger partial charge is 0.493 e. The third kappa shape index (κ3) is 2.70. The van der Waals surface area contributed by atoms with Gasteiger partial charge in [0.1, 0.15) is 5.69 Å². The van der Waals surface area contributed by atoms with Crippen LogP contribution in [0.25, 0.3) is 11.6 Å². The Hall–Kier alpha value is -2.34. The molecule has 7 heteroatoms. The normalized spacial score (nSPS) is 17.7. The van der Waals surface area contributed by atoms with Crippen molar-refractivity contribution in [2.45, 2.75) is 12.8 Å². The second kappa shape index (κ2) is 5.38. The Bertz CT molecular complexity index is 835. The van der Waals surface area contributed by atoms with Crippen molar-refractivity contribution in [3.05, 3.63) is 28.5 Å². The van der Waals surface area contributed by atoms with Gasteiger partial charge in [0.15, 0.2) is 5.82 Å². The molecule has 0 atom stereocenters. The number of nitrogens with one attached hydrogen (secondary N) is 1. The molecule has 1 fully saturated rings. The van der Waals surface area contributed by atoms with Crippen LogP contribution < -0.4 is 5.32 Å². The van der Waals surface area contributed by atoms with E-state index in [2.05, 4.69) is 20.3 Å². The quantitative estimate of drug-likeness (QED) is 0.902. The first-order valence-corrected chi connectivity index (χ1v) is 7.91. The molecule has 2 aliphatic rings. The van der Waals surface area contributed by atoms with Crippen molar-refractivity contribution in [3.8, 4) is 5.88 Å². The van der Waals surface area contributed by atoms with Crippen LogP contribution in [0.1, 0.15) is 24.1 Å². The number of nitrogens with zero attached hydrogens (tertiary/aromatic N) is 4. The van der Waals surface area contributed by atoms with Crippen molar-refractivity contribution in [1.29, 1.82) is 0 Å². The predicted octanol–water partition coefficient (Wildman–Crippen LogP) is 3.25. The van der Waals surface area contributed by atoms with Crippen molar-refractivity contribution >= 4 is 41.2 Å². The summed E-state index contributed by atoms with van der Waals surface area (Å²) in [6, 6.07) is 1.81. The second-order valence-electron chi connectivity index (χ2n) is 5.91. The lowest BCUT2D eigenvalue weighted by molar-refractivity contribution is 0.432. The first-order valence-electron chi connectivity index (χ1n) is 7.53. The molecule has 1 aliphatic carbocycles. The number of imidazole rings is 1. The predicted molar refractivity (Wildman–Crippen MR) is 91.4 cm³/mol. The van der Waals surface area contributed by atoms with Gasteiger partial charge < -0.3 is 10.4 Å². The zero-order chi connectivity index (χ0) is 16.0. The van der Waals surface area contributed by atoms with Crippen LogP contribution in [0.2, 0.25) is 5.02 Å². The van der Waals surface area contributed by atoms with Gasteiger partial charge in [-0.25, -0.2) is 15.0 Å². The van der Waals surface area contributed by atoms with Gasteiger partial charge in [0.05, 0.1) is 5.02 Å². The summed E-state index contributed by atoms with van der Waals surface area (Å²) in [5.74, 6) is 2.15. The Morgan fingerprint density at radius 2 is 2.30 bits per heavy atom. The molecule has 0 saturated heterocycles. The highest BCUT2D eigenvalue weighted by Crippen LogP contribution is 2.34. The van der Waals surface area contributed by atoms with E-state index in [1.54, 1.807) is 30.1 Å². The fraction of sp³-hybridized carbons (Fsp3) is 0.312. The molecule has 2 N–H and O–H groups in total. The van der Waals surface area contributed by atoms with Gasteiger partial charge in [-0.15, -0.1) is 0 Å². The van der Waals surface area contributed by atoms with Crippen LogP contribution in [-0.2, 0) is 7.05 Å². The van der Waals surface area contributed by atoms with Crippen LogP contribution in [0, 0.1) is 5.92 Å². The molecule has 6 nitrogen and oxygen atoms in total. The van der Waals surface area contributed by atoms with E-state index < -0.39 is 0 Å². The molecule has 4 rings (SSSR count). The molecule has 118 valence electrons. The number of rotatable bonds is 4. The Balaban J connectivity index is 1.65. The van der Waals surface area contributed by atoms with E-state index in [1.165, 1.54) is 12.8 Å². The van der Waals surface area contributed by atoms with Gasteiger partial charge in [0, 0.05) is 37.1 Å². The molecule has 2 aromatic rings.